The van der Waals surface area contributed by atoms with E-state index in [0.29, 0.717) is 6.42 Å². The van der Waals surface area contributed by atoms with Crippen LogP contribution in [0.4, 0.5) is 0 Å². The van der Waals surface area contributed by atoms with Gasteiger partial charge in [0.15, 0.2) is 0 Å². The maximum atomic E-state index is 9.25. The number of hydrogen-bond donors (Lipinski definition) is 2. The Morgan fingerprint density at radius 3 is 1.67 bits per heavy atom. The predicted molar refractivity (Wildman–Crippen MR) is 143 cm³/mol. The molecule has 2 aromatic carbocycles. The molecule has 0 saturated heterocycles. The number of aliphatic hydroxyl groups is 2. The molecule has 1 radical (unpaired) electrons. The van der Waals surface area contributed by atoms with Crippen LogP contribution in [0.15, 0.2) is 110 Å². The Hall–Kier alpha value is -2.95. The Bertz CT molecular complexity index is 897. The van der Waals surface area contributed by atoms with Crippen LogP contribution in [0, 0.1) is 12.1 Å². The Balaban J connectivity index is 0.000000267. The molecule has 4 aromatic rings. The molecule has 4 rings (SSSR count). The van der Waals surface area contributed by atoms with Crippen molar-refractivity contribution in [3.05, 3.63) is 122 Å². The van der Waals surface area contributed by atoms with E-state index in [9.17, 15) is 5.11 Å². The molecule has 4 nitrogen and oxygen atoms in total. The molecule has 0 aliphatic heterocycles. The van der Waals surface area contributed by atoms with Crippen LogP contribution < -0.4 is 0 Å². The number of hydrogen-bond acceptors (Lipinski definition) is 4. The molecule has 36 heavy (non-hydrogen) atoms. The summed E-state index contributed by atoms with van der Waals surface area (Å²) in [6.45, 7) is 5.28. The van der Waals surface area contributed by atoms with Crippen molar-refractivity contribution in [3.8, 4) is 22.5 Å². The Kier molecular flexibility index (Phi) is 16.6. The zero-order valence-corrected chi connectivity index (χ0v) is 23.0. The quantitative estimate of drug-likeness (QED) is 0.128. The molecule has 5 heteroatoms. The fourth-order valence-corrected chi connectivity index (χ4v) is 3.16. The second kappa shape index (κ2) is 19.3. The number of pyridine rings is 2. The summed E-state index contributed by atoms with van der Waals surface area (Å²) in [5.74, 6) is 0. The van der Waals surface area contributed by atoms with Gasteiger partial charge in [0.2, 0.25) is 0 Å². The number of benzene rings is 2. The van der Waals surface area contributed by atoms with Gasteiger partial charge in [0.25, 0.3) is 0 Å². The van der Waals surface area contributed by atoms with Gasteiger partial charge < -0.3 is 20.2 Å². The van der Waals surface area contributed by atoms with E-state index in [4.69, 9.17) is 5.11 Å². The first-order valence-electron chi connectivity index (χ1n) is 11.8. The van der Waals surface area contributed by atoms with Crippen molar-refractivity contribution in [2.45, 2.75) is 44.8 Å². The summed E-state index contributed by atoms with van der Waals surface area (Å²) in [5, 5.41) is 18.2. The number of nitrogens with zero attached hydrogens (tertiary/aromatic N) is 2. The molecule has 0 fully saturated rings. The van der Waals surface area contributed by atoms with E-state index in [1.165, 1.54) is 0 Å². The second-order valence-electron chi connectivity index (χ2n) is 7.94. The van der Waals surface area contributed by atoms with Crippen LogP contribution in [0.3, 0.4) is 0 Å². The first kappa shape index (κ1) is 31.1. The molecule has 2 aromatic heterocycles. The topological polar surface area (TPSA) is 66.2 Å². The van der Waals surface area contributed by atoms with Gasteiger partial charge in [-0.25, -0.2) is 0 Å². The molecule has 0 saturated carbocycles. The minimum absolute atomic E-state index is 0. The summed E-state index contributed by atoms with van der Waals surface area (Å²) in [7, 11) is 0. The normalized spacial score (nSPS) is 11.3. The van der Waals surface area contributed by atoms with Crippen molar-refractivity contribution in [3.63, 3.8) is 0 Å². The third kappa shape index (κ3) is 13.2. The van der Waals surface area contributed by atoms with E-state index < -0.39 is 6.10 Å². The number of unbranched alkanes of at least 4 members (excludes halogenated alkanes) is 1. The first-order valence-corrected chi connectivity index (χ1v) is 11.8. The Morgan fingerprint density at radius 1 is 0.806 bits per heavy atom. The number of aliphatic hydroxyl groups excluding tert-OH is 2. The summed E-state index contributed by atoms with van der Waals surface area (Å²) in [4.78, 5) is 8.44. The van der Waals surface area contributed by atoms with Crippen LogP contribution in [0.5, 0.6) is 0 Å². The summed E-state index contributed by atoms with van der Waals surface area (Å²) >= 11 is 0. The SMILES string of the molecule is C=CCCCC(O)CC(C)O.[Ir].[c-]1ccccc1-c1ccccn1.[c-]1ccccc1-c1ccccn1. The first-order chi connectivity index (χ1) is 17.1. The summed E-state index contributed by atoms with van der Waals surface area (Å²) in [6, 6.07) is 33.6. The zero-order chi connectivity index (χ0) is 25.1. The molecule has 2 N–H and O–H groups in total. The van der Waals surface area contributed by atoms with Gasteiger partial charge in [-0.1, -0.05) is 30.3 Å². The van der Waals surface area contributed by atoms with Gasteiger partial charge >= 0.3 is 0 Å². The van der Waals surface area contributed by atoms with Gasteiger partial charge in [-0.15, -0.1) is 78.4 Å². The Labute approximate surface area is 229 Å². The van der Waals surface area contributed by atoms with Crippen LogP contribution in [-0.2, 0) is 20.1 Å². The smallest absolute Gasteiger partial charge is 0.0564 e. The number of aromatic nitrogens is 2. The average molecular weight is 659 g/mol. The van der Waals surface area contributed by atoms with Crippen molar-refractivity contribution in [1.29, 1.82) is 0 Å². The molecule has 0 bridgehead atoms. The molecule has 0 amide bonds. The maximum absolute atomic E-state index is 9.25. The molecule has 191 valence electrons. The fourth-order valence-electron chi connectivity index (χ4n) is 3.16. The summed E-state index contributed by atoms with van der Waals surface area (Å²) < 4.78 is 0. The van der Waals surface area contributed by atoms with Crippen LogP contribution in [0.2, 0.25) is 0 Å². The largest absolute Gasteiger partial charge is 0.393 e. The van der Waals surface area contributed by atoms with E-state index >= 15 is 0 Å². The van der Waals surface area contributed by atoms with Crippen LogP contribution in [-0.4, -0.2) is 32.4 Å². The van der Waals surface area contributed by atoms with Gasteiger partial charge in [0, 0.05) is 32.5 Å². The zero-order valence-electron chi connectivity index (χ0n) is 20.6. The van der Waals surface area contributed by atoms with Gasteiger partial charge in [-0.3, -0.25) is 0 Å². The third-order valence-corrected chi connectivity index (χ3v) is 4.86. The standard InChI is InChI=1S/2C11H8N.C9H18O2.Ir/c2*1-2-6-10(7-3-1)11-8-4-5-9-12-11;1-3-4-5-6-9(11)7-8(2)10;/h2*1-6,8-9H;3,8-11H,1,4-7H2,2H3;/q2*-1;;. The van der Waals surface area contributed by atoms with E-state index in [1.54, 1.807) is 19.3 Å². The fraction of sp³-hybridized carbons (Fsp3) is 0.226. The van der Waals surface area contributed by atoms with Crippen molar-refractivity contribution < 1.29 is 30.3 Å². The molecule has 2 atom stereocenters. The molecule has 2 heterocycles. The van der Waals surface area contributed by atoms with Crippen LogP contribution in [0.1, 0.15) is 32.6 Å². The minimum atomic E-state index is -0.395. The van der Waals surface area contributed by atoms with E-state index in [2.05, 4.69) is 28.7 Å². The Morgan fingerprint density at radius 2 is 1.31 bits per heavy atom. The van der Waals surface area contributed by atoms with E-state index in [1.807, 2.05) is 91.0 Å². The maximum Gasteiger partial charge on any atom is 0.0564 e. The number of allylic oxidation sites excluding steroid dienone is 1. The molecule has 0 aliphatic rings. The second-order valence-corrected chi connectivity index (χ2v) is 7.94. The summed E-state index contributed by atoms with van der Waals surface area (Å²) in [5.41, 5.74) is 4.02. The van der Waals surface area contributed by atoms with Crippen LogP contribution >= 0.6 is 0 Å². The monoisotopic (exact) mass is 659 g/mol. The van der Waals surface area contributed by atoms with Crippen molar-refractivity contribution in [1.82, 2.24) is 9.97 Å². The van der Waals surface area contributed by atoms with E-state index in [0.717, 1.165) is 41.8 Å². The molecular weight excluding hydrogens is 625 g/mol. The minimum Gasteiger partial charge on any atom is -0.393 e. The van der Waals surface area contributed by atoms with E-state index in [-0.39, 0.29) is 26.2 Å². The van der Waals surface area contributed by atoms with Crippen molar-refractivity contribution in [2.75, 3.05) is 0 Å². The van der Waals surface area contributed by atoms with Gasteiger partial charge in [-0.2, -0.15) is 0 Å². The van der Waals surface area contributed by atoms with Crippen molar-refractivity contribution >= 4 is 0 Å². The third-order valence-electron chi connectivity index (χ3n) is 4.86. The van der Waals surface area contributed by atoms with Gasteiger partial charge in [0.1, 0.15) is 0 Å². The predicted octanol–water partition coefficient (Wildman–Crippen LogP) is 6.57. The molecule has 0 spiro atoms. The molecular formula is C31H34IrN2O2-2. The van der Waals surface area contributed by atoms with Gasteiger partial charge in [-0.05, 0) is 56.1 Å². The average Bonchev–Trinajstić information content (AvgIpc) is 2.91. The van der Waals surface area contributed by atoms with Gasteiger partial charge in [0.05, 0.1) is 12.2 Å². The molecule has 0 aliphatic carbocycles. The summed E-state index contributed by atoms with van der Waals surface area (Å²) in [6.07, 6.45) is 7.81. The molecule has 2 unspecified atom stereocenters. The van der Waals surface area contributed by atoms with Crippen molar-refractivity contribution in [2.24, 2.45) is 0 Å². The van der Waals surface area contributed by atoms with Crippen LogP contribution in [0.25, 0.3) is 22.5 Å². The number of rotatable bonds is 8.